The number of nitrogens with two attached hydrogens (primary N) is 1. The van der Waals surface area contributed by atoms with Crippen LogP contribution in [0.2, 0.25) is 5.02 Å². The molecule has 138 valence electrons. The number of hydrogen-bond donors (Lipinski definition) is 2. The smallest absolute Gasteiger partial charge is 0.251 e. The lowest BCUT2D eigenvalue weighted by Crippen LogP contribution is -2.50. The normalized spacial score (nSPS) is 16.5. The van der Waals surface area contributed by atoms with Gasteiger partial charge in [-0.1, -0.05) is 11.6 Å². The number of rotatable bonds is 7. The first-order chi connectivity index (χ1) is 12.0. The van der Waals surface area contributed by atoms with Crippen LogP contribution in [0.25, 0.3) is 0 Å². The molecule has 6 nitrogen and oxygen atoms in total. The van der Waals surface area contributed by atoms with Crippen LogP contribution in [0, 0.1) is 0 Å². The number of ether oxygens (including phenoxy) is 1. The number of carbonyl (C=O) groups excluding carboxylic acids is 2. The number of carbonyl (C=O) groups is 2. The van der Waals surface area contributed by atoms with E-state index in [4.69, 9.17) is 22.1 Å². The fourth-order valence-corrected chi connectivity index (χ4v) is 2.92. The predicted molar refractivity (Wildman–Crippen MR) is 97.6 cm³/mol. The Balaban J connectivity index is 1.78. The molecule has 3 N–H and O–H groups in total. The quantitative estimate of drug-likeness (QED) is 0.720. The molecule has 2 amide bonds. The molecule has 2 rings (SSSR count). The molecule has 0 saturated carbocycles. The molecule has 1 atom stereocenters. The Morgan fingerprint density at radius 2 is 1.96 bits per heavy atom. The first-order valence-corrected chi connectivity index (χ1v) is 9.06. The zero-order chi connectivity index (χ0) is 18.2. The van der Waals surface area contributed by atoms with Crippen molar-refractivity contribution >= 4 is 23.4 Å². The van der Waals surface area contributed by atoms with Crippen molar-refractivity contribution in [1.82, 2.24) is 10.2 Å². The molecule has 1 heterocycles. The summed E-state index contributed by atoms with van der Waals surface area (Å²) in [5.41, 5.74) is 5.94. The summed E-state index contributed by atoms with van der Waals surface area (Å²) >= 11 is 5.82. The van der Waals surface area contributed by atoms with Crippen molar-refractivity contribution < 1.29 is 14.3 Å². The van der Waals surface area contributed by atoms with Gasteiger partial charge in [0.25, 0.3) is 5.91 Å². The molecule has 1 unspecified atom stereocenters. The van der Waals surface area contributed by atoms with Gasteiger partial charge in [0.05, 0.1) is 6.10 Å². The molecule has 0 spiro atoms. The largest absolute Gasteiger partial charge is 0.378 e. The Bertz CT molecular complexity index is 571. The van der Waals surface area contributed by atoms with Gasteiger partial charge in [-0.3, -0.25) is 9.59 Å². The average Bonchev–Trinajstić information content (AvgIpc) is 2.62. The van der Waals surface area contributed by atoms with Crippen molar-refractivity contribution in [3.63, 3.8) is 0 Å². The highest BCUT2D eigenvalue weighted by atomic mass is 35.5. The third-order valence-corrected chi connectivity index (χ3v) is 4.53. The van der Waals surface area contributed by atoms with Crippen LogP contribution in [-0.4, -0.2) is 55.1 Å². The van der Waals surface area contributed by atoms with Crippen molar-refractivity contribution in [2.24, 2.45) is 5.73 Å². The number of nitrogens with zero attached hydrogens (tertiary/aromatic N) is 1. The summed E-state index contributed by atoms with van der Waals surface area (Å²) in [7, 11) is 0. The minimum Gasteiger partial charge on any atom is -0.378 e. The third kappa shape index (κ3) is 5.99. The van der Waals surface area contributed by atoms with Crippen molar-refractivity contribution in [3.8, 4) is 0 Å². The minimum atomic E-state index is -0.571. The van der Waals surface area contributed by atoms with Crippen LogP contribution in [0.3, 0.4) is 0 Å². The van der Waals surface area contributed by atoms with Crippen LogP contribution >= 0.6 is 11.6 Å². The van der Waals surface area contributed by atoms with Crippen LogP contribution < -0.4 is 11.1 Å². The molecule has 1 fully saturated rings. The van der Waals surface area contributed by atoms with Crippen molar-refractivity contribution in [3.05, 3.63) is 34.9 Å². The molecule has 1 aliphatic rings. The van der Waals surface area contributed by atoms with E-state index in [-0.39, 0.29) is 17.9 Å². The van der Waals surface area contributed by atoms with Gasteiger partial charge in [-0.2, -0.15) is 0 Å². The molecule has 0 radical (unpaired) electrons. The van der Waals surface area contributed by atoms with E-state index in [2.05, 4.69) is 5.32 Å². The number of likely N-dealkylation sites (tertiary alicyclic amines) is 1. The molecule has 1 aliphatic heterocycles. The van der Waals surface area contributed by atoms with E-state index in [0.717, 1.165) is 19.3 Å². The molecule has 1 saturated heterocycles. The van der Waals surface area contributed by atoms with Gasteiger partial charge >= 0.3 is 0 Å². The van der Waals surface area contributed by atoms with E-state index in [1.54, 1.807) is 36.1 Å². The van der Waals surface area contributed by atoms with Gasteiger partial charge in [0.2, 0.25) is 5.91 Å². The first kappa shape index (κ1) is 19.7. The van der Waals surface area contributed by atoms with Crippen LogP contribution in [0.1, 0.15) is 36.5 Å². The molecular formula is C18H26ClN3O3. The molecule has 0 bridgehead atoms. The van der Waals surface area contributed by atoms with Gasteiger partial charge in [0.15, 0.2) is 0 Å². The van der Waals surface area contributed by atoms with E-state index in [1.807, 2.05) is 0 Å². The van der Waals surface area contributed by atoms with Crippen LogP contribution in [0.5, 0.6) is 0 Å². The highest BCUT2D eigenvalue weighted by molar-refractivity contribution is 6.30. The summed E-state index contributed by atoms with van der Waals surface area (Å²) in [5.74, 6) is -0.347. The maximum absolute atomic E-state index is 12.5. The Morgan fingerprint density at radius 3 is 2.56 bits per heavy atom. The van der Waals surface area contributed by atoms with Gasteiger partial charge in [-0.15, -0.1) is 0 Å². The lowest BCUT2D eigenvalue weighted by Gasteiger charge is -2.33. The third-order valence-electron chi connectivity index (χ3n) is 4.28. The van der Waals surface area contributed by atoms with Crippen molar-refractivity contribution in [1.29, 1.82) is 0 Å². The van der Waals surface area contributed by atoms with Gasteiger partial charge in [-0.25, -0.2) is 0 Å². The lowest BCUT2D eigenvalue weighted by atomic mass is 10.1. The van der Waals surface area contributed by atoms with Crippen LogP contribution in [0.15, 0.2) is 24.3 Å². The molecule has 1 aromatic carbocycles. The summed E-state index contributed by atoms with van der Waals surface area (Å²) < 4.78 is 5.75. The van der Waals surface area contributed by atoms with E-state index >= 15 is 0 Å². The van der Waals surface area contributed by atoms with E-state index in [1.165, 1.54) is 0 Å². The molecule has 1 aromatic rings. The molecule has 0 aromatic heterocycles. The van der Waals surface area contributed by atoms with Crippen LogP contribution in [0.4, 0.5) is 0 Å². The monoisotopic (exact) mass is 367 g/mol. The number of nitrogens with one attached hydrogen (secondary N) is 1. The summed E-state index contributed by atoms with van der Waals surface area (Å²) in [6.07, 6.45) is 2.67. The SMILES string of the molecule is CC(NC(=O)c1ccc(Cl)cc1)C(=O)N1CCC(OCCCN)CC1. The Kier molecular flexibility index (Phi) is 7.68. The molecule has 7 heteroatoms. The predicted octanol–water partition coefficient (Wildman–Crippen LogP) is 1.81. The summed E-state index contributed by atoms with van der Waals surface area (Å²) in [5, 5.41) is 3.31. The molecule has 25 heavy (non-hydrogen) atoms. The zero-order valence-corrected chi connectivity index (χ0v) is 15.3. The van der Waals surface area contributed by atoms with Gasteiger partial charge < -0.3 is 20.7 Å². The summed E-state index contributed by atoms with van der Waals surface area (Å²) in [6, 6.07) is 6.01. The highest BCUT2D eigenvalue weighted by Crippen LogP contribution is 2.15. The summed E-state index contributed by atoms with van der Waals surface area (Å²) in [4.78, 5) is 26.5. The number of benzene rings is 1. The van der Waals surface area contributed by atoms with Crippen LogP contribution in [-0.2, 0) is 9.53 Å². The fraction of sp³-hybridized carbons (Fsp3) is 0.556. The van der Waals surface area contributed by atoms with Crippen molar-refractivity contribution in [2.75, 3.05) is 26.2 Å². The molecular weight excluding hydrogens is 342 g/mol. The van der Waals surface area contributed by atoms with Gasteiger partial charge in [0, 0.05) is 30.3 Å². The Hall–Kier alpha value is -1.63. The Morgan fingerprint density at radius 1 is 1.32 bits per heavy atom. The van der Waals surface area contributed by atoms with E-state index in [0.29, 0.717) is 36.8 Å². The number of amides is 2. The second-order valence-corrected chi connectivity index (χ2v) is 6.68. The number of halogens is 1. The second-order valence-electron chi connectivity index (χ2n) is 6.24. The summed E-state index contributed by atoms with van der Waals surface area (Å²) in [6.45, 7) is 4.30. The lowest BCUT2D eigenvalue weighted by molar-refractivity contribution is -0.135. The average molecular weight is 368 g/mol. The topological polar surface area (TPSA) is 84.7 Å². The molecule has 0 aliphatic carbocycles. The first-order valence-electron chi connectivity index (χ1n) is 8.68. The standard InChI is InChI=1S/C18H26ClN3O3/c1-13(21-17(23)14-3-5-15(19)6-4-14)18(24)22-10-7-16(8-11-22)25-12-2-9-20/h3-6,13,16H,2,7-12,20H2,1H3,(H,21,23). The number of piperidine rings is 1. The zero-order valence-electron chi connectivity index (χ0n) is 14.5. The second kappa shape index (κ2) is 9.75. The maximum atomic E-state index is 12.5. The van der Waals surface area contributed by atoms with Gasteiger partial charge in [0.1, 0.15) is 6.04 Å². The minimum absolute atomic E-state index is 0.0669. The van der Waals surface area contributed by atoms with Gasteiger partial charge in [-0.05, 0) is 57.0 Å². The van der Waals surface area contributed by atoms with Crippen molar-refractivity contribution in [2.45, 2.75) is 38.3 Å². The Labute approximate surface area is 153 Å². The van der Waals surface area contributed by atoms with E-state index in [9.17, 15) is 9.59 Å². The number of hydrogen-bond acceptors (Lipinski definition) is 4. The highest BCUT2D eigenvalue weighted by Gasteiger charge is 2.27. The van der Waals surface area contributed by atoms with E-state index < -0.39 is 6.04 Å². The fourth-order valence-electron chi connectivity index (χ4n) is 2.79. The maximum Gasteiger partial charge on any atom is 0.251 e.